The molecule has 0 bridgehead atoms. The summed E-state index contributed by atoms with van der Waals surface area (Å²) in [6.45, 7) is 0.350. The molecular weight excluding hydrogens is 273 g/mol. The van der Waals surface area contributed by atoms with Gasteiger partial charge in [0.2, 0.25) is 0 Å². The van der Waals surface area contributed by atoms with Crippen molar-refractivity contribution in [2.45, 2.75) is 12.5 Å². The number of hydrogen-bond acceptors (Lipinski definition) is 3. The second-order valence-corrected chi connectivity index (χ2v) is 4.96. The highest BCUT2D eigenvalue weighted by Crippen LogP contribution is 2.24. The number of halogens is 1. The van der Waals surface area contributed by atoms with Gasteiger partial charge in [-0.05, 0) is 30.2 Å². The van der Waals surface area contributed by atoms with Gasteiger partial charge in [-0.1, -0.05) is 18.2 Å². The highest BCUT2D eigenvalue weighted by Gasteiger charge is 2.22. The molecule has 2 N–H and O–H groups in total. The summed E-state index contributed by atoms with van der Waals surface area (Å²) in [4.78, 5) is 12.1. The second kappa shape index (κ2) is 5.44. The number of rotatable bonds is 2. The van der Waals surface area contributed by atoms with Crippen LogP contribution in [0.1, 0.15) is 15.9 Å². The first kappa shape index (κ1) is 13.4. The van der Waals surface area contributed by atoms with Crippen LogP contribution in [0.4, 0.5) is 4.39 Å². The lowest BCUT2D eigenvalue weighted by atomic mass is 10.0. The number of benzene rings is 2. The predicted octanol–water partition coefficient (Wildman–Crippen LogP) is 2.26. The van der Waals surface area contributed by atoms with Crippen molar-refractivity contribution in [2.24, 2.45) is 0 Å². The molecule has 1 heterocycles. The van der Waals surface area contributed by atoms with E-state index in [0.717, 1.165) is 17.4 Å². The zero-order chi connectivity index (χ0) is 14.8. The third-order valence-electron chi connectivity index (χ3n) is 3.41. The monoisotopic (exact) mass is 287 g/mol. The lowest BCUT2D eigenvalue weighted by Gasteiger charge is -2.26. The molecule has 1 aliphatic heterocycles. The maximum absolute atomic E-state index is 13.6. The average molecular weight is 287 g/mol. The number of carbonyl (C=O) groups is 1. The topological polar surface area (TPSA) is 58.6 Å². The van der Waals surface area contributed by atoms with Gasteiger partial charge in [0.25, 0.3) is 5.91 Å². The van der Waals surface area contributed by atoms with Crippen molar-refractivity contribution in [3.8, 4) is 11.5 Å². The molecule has 21 heavy (non-hydrogen) atoms. The van der Waals surface area contributed by atoms with E-state index in [1.54, 1.807) is 0 Å². The lowest BCUT2D eigenvalue weighted by Crippen LogP contribution is -2.42. The van der Waals surface area contributed by atoms with E-state index in [0.29, 0.717) is 13.0 Å². The normalized spacial score (nSPS) is 16.7. The SMILES string of the molecule is O=C(N[C@@H]1COc2ccccc2C1)c1ccc(O)cc1F. The van der Waals surface area contributed by atoms with Crippen molar-refractivity contribution in [3.05, 3.63) is 59.4 Å². The van der Waals surface area contributed by atoms with Crippen molar-refractivity contribution >= 4 is 5.91 Å². The van der Waals surface area contributed by atoms with Gasteiger partial charge in [-0.15, -0.1) is 0 Å². The summed E-state index contributed by atoms with van der Waals surface area (Å²) in [5, 5.41) is 11.9. The molecular formula is C16H14FNO3. The maximum atomic E-state index is 13.6. The Morgan fingerprint density at radius 3 is 2.90 bits per heavy atom. The van der Waals surface area contributed by atoms with Gasteiger partial charge in [-0.3, -0.25) is 4.79 Å². The highest BCUT2D eigenvalue weighted by molar-refractivity contribution is 5.94. The largest absolute Gasteiger partial charge is 0.508 e. The molecule has 2 aromatic carbocycles. The zero-order valence-corrected chi connectivity index (χ0v) is 11.2. The lowest BCUT2D eigenvalue weighted by molar-refractivity contribution is 0.0911. The summed E-state index contributed by atoms with van der Waals surface area (Å²) in [7, 11) is 0. The van der Waals surface area contributed by atoms with Crippen molar-refractivity contribution in [2.75, 3.05) is 6.61 Å². The van der Waals surface area contributed by atoms with Crippen LogP contribution in [0.3, 0.4) is 0 Å². The van der Waals surface area contributed by atoms with E-state index in [2.05, 4.69) is 5.32 Å². The summed E-state index contributed by atoms with van der Waals surface area (Å²) in [6.07, 6.45) is 0.640. The van der Waals surface area contributed by atoms with Gasteiger partial charge >= 0.3 is 0 Å². The van der Waals surface area contributed by atoms with E-state index in [9.17, 15) is 9.18 Å². The van der Waals surface area contributed by atoms with Gasteiger partial charge in [-0.25, -0.2) is 4.39 Å². The number of para-hydroxylation sites is 1. The number of carbonyl (C=O) groups excluding carboxylic acids is 1. The van der Waals surface area contributed by atoms with E-state index in [4.69, 9.17) is 9.84 Å². The van der Waals surface area contributed by atoms with Crippen LogP contribution in [-0.4, -0.2) is 23.7 Å². The molecule has 4 nitrogen and oxygen atoms in total. The highest BCUT2D eigenvalue weighted by atomic mass is 19.1. The Bertz CT molecular complexity index is 687. The molecule has 0 saturated carbocycles. The number of hydrogen-bond donors (Lipinski definition) is 2. The zero-order valence-electron chi connectivity index (χ0n) is 11.2. The van der Waals surface area contributed by atoms with Crippen LogP contribution in [0.2, 0.25) is 0 Å². The van der Waals surface area contributed by atoms with E-state index in [1.165, 1.54) is 12.1 Å². The molecule has 2 aromatic rings. The Hall–Kier alpha value is -2.56. The number of aromatic hydroxyl groups is 1. The molecule has 1 aliphatic rings. The number of nitrogens with one attached hydrogen (secondary N) is 1. The molecule has 1 atom stereocenters. The fourth-order valence-corrected chi connectivity index (χ4v) is 2.37. The molecule has 0 unspecified atom stereocenters. The first-order valence-corrected chi connectivity index (χ1v) is 6.63. The van der Waals surface area contributed by atoms with Crippen molar-refractivity contribution in [3.63, 3.8) is 0 Å². The maximum Gasteiger partial charge on any atom is 0.254 e. The Labute approximate surface area is 121 Å². The van der Waals surface area contributed by atoms with Crippen LogP contribution in [0.5, 0.6) is 11.5 Å². The molecule has 0 saturated heterocycles. The molecule has 3 rings (SSSR count). The molecule has 0 aliphatic carbocycles. The minimum atomic E-state index is -0.746. The molecule has 108 valence electrons. The molecule has 5 heteroatoms. The summed E-state index contributed by atoms with van der Waals surface area (Å²) in [6, 6.07) is 10.9. The van der Waals surface area contributed by atoms with Gasteiger partial charge in [0.15, 0.2) is 0 Å². The van der Waals surface area contributed by atoms with Gasteiger partial charge < -0.3 is 15.2 Å². The molecule has 0 radical (unpaired) electrons. The van der Waals surface area contributed by atoms with Crippen LogP contribution in [0, 0.1) is 5.82 Å². The fraction of sp³-hybridized carbons (Fsp3) is 0.188. The minimum Gasteiger partial charge on any atom is -0.508 e. The first-order chi connectivity index (χ1) is 10.1. The Kier molecular flexibility index (Phi) is 3.48. The van der Waals surface area contributed by atoms with E-state index < -0.39 is 11.7 Å². The smallest absolute Gasteiger partial charge is 0.254 e. The van der Waals surface area contributed by atoms with Crippen LogP contribution in [-0.2, 0) is 6.42 Å². The Balaban J connectivity index is 1.71. The molecule has 0 fully saturated rings. The van der Waals surface area contributed by atoms with Gasteiger partial charge in [0, 0.05) is 6.07 Å². The van der Waals surface area contributed by atoms with Crippen LogP contribution in [0.25, 0.3) is 0 Å². The summed E-state index contributed by atoms with van der Waals surface area (Å²) >= 11 is 0. The fourth-order valence-electron chi connectivity index (χ4n) is 2.37. The van der Waals surface area contributed by atoms with Crippen LogP contribution >= 0.6 is 0 Å². The van der Waals surface area contributed by atoms with Crippen LogP contribution < -0.4 is 10.1 Å². The van der Waals surface area contributed by atoms with Crippen molar-refractivity contribution in [1.82, 2.24) is 5.32 Å². The summed E-state index contributed by atoms with van der Waals surface area (Å²) < 4.78 is 19.2. The van der Waals surface area contributed by atoms with E-state index >= 15 is 0 Å². The standard InChI is InChI=1S/C16H14FNO3/c17-14-8-12(19)5-6-13(14)16(20)18-11-7-10-3-1-2-4-15(10)21-9-11/h1-6,8,11,19H,7,9H2,(H,18,20)/t11-/m0/s1. The Morgan fingerprint density at radius 1 is 1.29 bits per heavy atom. The molecule has 0 spiro atoms. The third-order valence-corrected chi connectivity index (χ3v) is 3.41. The number of fused-ring (bicyclic) bond motifs is 1. The van der Waals surface area contributed by atoms with E-state index in [-0.39, 0.29) is 17.4 Å². The summed E-state index contributed by atoms with van der Waals surface area (Å²) in [5.41, 5.74) is 0.923. The van der Waals surface area contributed by atoms with Crippen LogP contribution in [0.15, 0.2) is 42.5 Å². The molecule has 0 aromatic heterocycles. The first-order valence-electron chi connectivity index (χ1n) is 6.63. The van der Waals surface area contributed by atoms with E-state index in [1.807, 2.05) is 24.3 Å². The average Bonchev–Trinajstić information content (AvgIpc) is 2.47. The Morgan fingerprint density at radius 2 is 2.10 bits per heavy atom. The minimum absolute atomic E-state index is 0.0911. The number of amides is 1. The van der Waals surface area contributed by atoms with Crippen molar-refractivity contribution < 1.29 is 19.0 Å². The number of phenolic OH excluding ortho intramolecular Hbond substituents is 1. The molecule has 1 amide bonds. The summed E-state index contributed by atoms with van der Waals surface area (Å²) in [5.74, 6) is -0.650. The number of phenols is 1. The second-order valence-electron chi connectivity index (χ2n) is 4.96. The quantitative estimate of drug-likeness (QED) is 0.890. The predicted molar refractivity (Wildman–Crippen MR) is 75.0 cm³/mol. The number of ether oxygens (including phenoxy) is 1. The van der Waals surface area contributed by atoms with Gasteiger partial charge in [-0.2, -0.15) is 0 Å². The van der Waals surface area contributed by atoms with Gasteiger partial charge in [0.05, 0.1) is 11.6 Å². The van der Waals surface area contributed by atoms with Gasteiger partial charge in [0.1, 0.15) is 23.9 Å². The van der Waals surface area contributed by atoms with Crippen molar-refractivity contribution in [1.29, 1.82) is 0 Å². The third kappa shape index (κ3) is 2.81.